The van der Waals surface area contributed by atoms with E-state index in [-0.39, 0.29) is 18.3 Å². The van der Waals surface area contributed by atoms with Crippen LogP contribution in [0.1, 0.15) is 21.5 Å². The fourth-order valence-electron chi connectivity index (χ4n) is 1.94. The maximum Gasteiger partial charge on any atom is 0.259 e. The molecule has 1 amide bonds. The summed E-state index contributed by atoms with van der Waals surface area (Å²) in [6, 6.07) is 14.7. The highest BCUT2D eigenvalue weighted by molar-refractivity contribution is 6.06. The number of hydrogen-bond acceptors (Lipinski definition) is 3. The second-order valence-corrected chi connectivity index (χ2v) is 5.71. The molecule has 0 aliphatic rings. The number of likely N-dealkylation sites (N-methyl/N-ethyl adjacent to an activating group) is 1. The Morgan fingerprint density at radius 2 is 1.62 bits per heavy atom. The number of amides is 1. The van der Waals surface area contributed by atoms with Crippen LogP contribution in [0.4, 0.5) is 0 Å². The molecule has 0 fully saturated rings. The average Bonchev–Trinajstić information content (AvgIpc) is 2.59. The minimum absolute atomic E-state index is 0.0202. The summed E-state index contributed by atoms with van der Waals surface area (Å²) in [4.78, 5) is 25.1. The third-order valence-electron chi connectivity index (χ3n) is 3.50. The number of benzene rings is 2. The Morgan fingerprint density at radius 1 is 1.00 bits per heavy atom. The van der Waals surface area contributed by atoms with Gasteiger partial charge in [0.25, 0.3) is 5.91 Å². The highest BCUT2D eigenvalue weighted by Crippen LogP contribution is 2.14. The van der Waals surface area contributed by atoms with Crippen molar-refractivity contribution >= 4 is 17.8 Å². The summed E-state index contributed by atoms with van der Waals surface area (Å²) in [5, 5.41) is 0. The molecule has 0 bridgehead atoms. The molecule has 0 aliphatic heterocycles. The van der Waals surface area contributed by atoms with E-state index in [1.54, 1.807) is 50.5 Å². The molecular weight excluding hydrogens is 302 g/mol. The molecule has 24 heavy (non-hydrogen) atoms. The molecule has 0 atom stereocenters. The molecule has 0 N–H and O–H groups in total. The van der Waals surface area contributed by atoms with E-state index in [0.717, 1.165) is 5.56 Å². The van der Waals surface area contributed by atoms with Gasteiger partial charge in [-0.3, -0.25) is 9.59 Å². The van der Waals surface area contributed by atoms with Crippen molar-refractivity contribution in [3.05, 3.63) is 71.3 Å². The summed E-state index contributed by atoms with van der Waals surface area (Å²) in [7, 11) is 3.35. The van der Waals surface area contributed by atoms with Gasteiger partial charge in [-0.05, 0) is 42.8 Å². The molecule has 124 valence electrons. The van der Waals surface area contributed by atoms with E-state index < -0.39 is 0 Å². The zero-order chi connectivity index (χ0) is 17.5. The van der Waals surface area contributed by atoms with Gasteiger partial charge in [-0.2, -0.15) is 0 Å². The van der Waals surface area contributed by atoms with Crippen molar-refractivity contribution < 1.29 is 14.3 Å². The van der Waals surface area contributed by atoms with Crippen molar-refractivity contribution in [3.8, 4) is 5.75 Å². The zero-order valence-corrected chi connectivity index (χ0v) is 14.2. The Morgan fingerprint density at radius 3 is 2.21 bits per heavy atom. The van der Waals surface area contributed by atoms with Gasteiger partial charge in [0.1, 0.15) is 5.75 Å². The third-order valence-corrected chi connectivity index (χ3v) is 3.50. The summed E-state index contributed by atoms with van der Waals surface area (Å²) in [5.41, 5.74) is 2.74. The van der Waals surface area contributed by atoms with E-state index in [9.17, 15) is 9.59 Å². The van der Waals surface area contributed by atoms with Crippen LogP contribution in [0, 0.1) is 6.92 Å². The third kappa shape index (κ3) is 5.09. The Hall–Kier alpha value is -2.88. The second-order valence-electron chi connectivity index (χ2n) is 5.71. The molecule has 4 heteroatoms. The van der Waals surface area contributed by atoms with Gasteiger partial charge in [0.15, 0.2) is 12.4 Å². The summed E-state index contributed by atoms with van der Waals surface area (Å²) in [6.07, 6.45) is 3.35. The molecule has 2 aromatic rings. The first-order valence-electron chi connectivity index (χ1n) is 7.68. The number of hydrogen-bond donors (Lipinski definition) is 0. The van der Waals surface area contributed by atoms with Gasteiger partial charge in [-0.25, -0.2) is 0 Å². The number of nitrogens with zero attached hydrogens (tertiary/aromatic N) is 1. The molecular formula is C20H21NO3. The van der Waals surface area contributed by atoms with Gasteiger partial charge < -0.3 is 9.64 Å². The molecule has 0 spiro atoms. The number of ketones is 1. The summed E-state index contributed by atoms with van der Waals surface area (Å²) in [5.74, 6) is 0.368. The Bertz CT molecular complexity index is 728. The molecule has 0 aromatic heterocycles. The molecule has 2 aromatic carbocycles. The van der Waals surface area contributed by atoms with Crippen molar-refractivity contribution in [2.24, 2.45) is 0 Å². The Labute approximate surface area is 142 Å². The molecule has 0 saturated heterocycles. The van der Waals surface area contributed by atoms with Gasteiger partial charge in [-0.15, -0.1) is 0 Å². The van der Waals surface area contributed by atoms with E-state index in [1.807, 2.05) is 31.2 Å². The lowest BCUT2D eigenvalue weighted by molar-refractivity contribution is -0.130. The Balaban J connectivity index is 1.95. The van der Waals surface area contributed by atoms with E-state index in [4.69, 9.17) is 4.74 Å². The van der Waals surface area contributed by atoms with Gasteiger partial charge >= 0.3 is 0 Å². The lowest BCUT2D eigenvalue weighted by Crippen LogP contribution is -2.27. The normalized spacial score (nSPS) is 10.6. The molecule has 0 saturated carbocycles. The van der Waals surface area contributed by atoms with Crippen molar-refractivity contribution in [2.45, 2.75) is 6.92 Å². The lowest BCUT2D eigenvalue weighted by Gasteiger charge is -2.11. The first-order chi connectivity index (χ1) is 11.5. The number of carbonyl (C=O) groups is 2. The highest BCUT2D eigenvalue weighted by Gasteiger charge is 2.06. The van der Waals surface area contributed by atoms with Crippen LogP contribution in [-0.2, 0) is 4.79 Å². The average molecular weight is 323 g/mol. The molecule has 0 radical (unpaired) electrons. The topological polar surface area (TPSA) is 46.6 Å². The van der Waals surface area contributed by atoms with Crippen molar-refractivity contribution in [1.29, 1.82) is 0 Å². The second kappa shape index (κ2) is 8.11. The quantitative estimate of drug-likeness (QED) is 0.605. The van der Waals surface area contributed by atoms with Gasteiger partial charge in [-0.1, -0.05) is 35.9 Å². The molecule has 0 aliphatic carbocycles. The lowest BCUT2D eigenvalue weighted by atomic mass is 10.1. The SMILES string of the molecule is Cc1ccc(/C=C/C(=O)c2ccc(OCC(=O)N(C)C)cc2)cc1. The largest absolute Gasteiger partial charge is 0.484 e. The minimum atomic E-state index is -0.115. The van der Waals surface area contributed by atoms with Crippen LogP contribution in [0.2, 0.25) is 0 Å². The highest BCUT2D eigenvalue weighted by atomic mass is 16.5. The van der Waals surface area contributed by atoms with Crippen LogP contribution in [-0.4, -0.2) is 37.3 Å². The first kappa shape index (κ1) is 17.5. The molecule has 4 nitrogen and oxygen atoms in total. The van der Waals surface area contributed by atoms with E-state index in [1.165, 1.54) is 10.5 Å². The van der Waals surface area contributed by atoms with Gasteiger partial charge in [0.2, 0.25) is 0 Å². The van der Waals surface area contributed by atoms with Crippen LogP contribution >= 0.6 is 0 Å². The molecule has 2 rings (SSSR count). The fraction of sp³-hybridized carbons (Fsp3) is 0.200. The molecule has 0 heterocycles. The van der Waals surface area contributed by atoms with E-state index in [2.05, 4.69) is 0 Å². The summed E-state index contributed by atoms with van der Waals surface area (Å²) in [6.45, 7) is 2.00. The monoisotopic (exact) mass is 323 g/mol. The standard InChI is InChI=1S/C20H21NO3/c1-15-4-6-16(7-5-15)8-13-19(22)17-9-11-18(12-10-17)24-14-20(23)21(2)3/h4-13H,14H2,1-3H3/b13-8+. The van der Waals surface area contributed by atoms with Gasteiger partial charge in [0.05, 0.1) is 0 Å². The van der Waals surface area contributed by atoms with Crippen molar-refractivity contribution in [3.63, 3.8) is 0 Å². The van der Waals surface area contributed by atoms with Crippen LogP contribution in [0.3, 0.4) is 0 Å². The number of allylic oxidation sites excluding steroid dienone is 1. The summed E-state index contributed by atoms with van der Waals surface area (Å²) < 4.78 is 5.38. The van der Waals surface area contributed by atoms with Crippen molar-refractivity contribution in [2.75, 3.05) is 20.7 Å². The first-order valence-corrected chi connectivity index (χ1v) is 7.68. The van der Waals surface area contributed by atoms with Crippen LogP contribution < -0.4 is 4.74 Å². The molecule has 0 unspecified atom stereocenters. The van der Waals surface area contributed by atoms with Crippen LogP contribution in [0.25, 0.3) is 6.08 Å². The zero-order valence-electron chi connectivity index (χ0n) is 14.2. The van der Waals surface area contributed by atoms with Crippen molar-refractivity contribution in [1.82, 2.24) is 4.90 Å². The Kier molecular flexibility index (Phi) is 5.90. The number of aryl methyl sites for hydroxylation is 1. The maximum absolute atomic E-state index is 12.2. The smallest absolute Gasteiger partial charge is 0.259 e. The number of rotatable bonds is 6. The van der Waals surface area contributed by atoms with Crippen LogP contribution in [0.15, 0.2) is 54.6 Å². The van der Waals surface area contributed by atoms with Gasteiger partial charge in [0, 0.05) is 19.7 Å². The minimum Gasteiger partial charge on any atom is -0.484 e. The van der Waals surface area contributed by atoms with E-state index >= 15 is 0 Å². The number of ether oxygens (including phenoxy) is 1. The predicted molar refractivity (Wildman–Crippen MR) is 95.2 cm³/mol. The van der Waals surface area contributed by atoms with E-state index in [0.29, 0.717) is 11.3 Å². The van der Waals surface area contributed by atoms with Crippen LogP contribution in [0.5, 0.6) is 5.75 Å². The maximum atomic E-state index is 12.2. The number of carbonyl (C=O) groups excluding carboxylic acids is 2. The summed E-state index contributed by atoms with van der Waals surface area (Å²) >= 11 is 0. The fourth-order valence-corrected chi connectivity index (χ4v) is 1.94. The predicted octanol–water partition coefficient (Wildman–Crippen LogP) is 3.36.